The van der Waals surface area contributed by atoms with Gasteiger partial charge in [-0.1, -0.05) is 200 Å². The number of rotatable bonds is 30. The van der Waals surface area contributed by atoms with Gasteiger partial charge in [0.2, 0.25) is 0 Å². The number of unbranched alkanes of at least 4 members (excludes halogenated alkanes) is 18. The van der Waals surface area contributed by atoms with Gasteiger partial charge in [-0.15, -0.1) is 0 Å². The summed E-state index contributed by atoms with van der Waals surface area (Å²) in [5.74, 6) is 5.98. The third-order valence-corrected chi connectivity index (χ3v) is 15.1. The average Bonchev–Trinajstić information content (AvgIpc) is 4.06. The van der Waals surface area contributed by atoms with Gasteiger partial charge in [-0.3, -0.25) is 0 Å². The molecular formula is C48H88O2. The van der Waals surface area contributed by atoms with Crippen LogP contribution in [0.3, 0.4) is 0 Å². The zero-order valence-electron chi connectivity index (χ0n) is 34.0. The number of epoxide rings is 2. The largest absolute Gasteiger partial charge is 0.370 e. The first kappa shape index (κ1) is 41.1. The molecule has 5 rings (SSSR count). The third-order valence-electron chi connectivity index (χ3n) is 15.1. The molecule has 0 N–H and O–H groups in total. The van der Waals surface area contributed by atoms with Gasteiger partial charge in [0, 0.05) is 0 Å². The van der Waals surface area contributed by atoms with E-state index in [9.17, 15) is 0 Å². The van der Waals surface area contributed by atoms with Gasteiger partial charge in [-0.2, -0.15) is 0 Å². The molecule has 9 unspecified atom stereocenters. The fourth-order valence-corrected chi connectivity index (χ4v) is 11.1. The molecule has 5 fully saturated rings. The minimum Gasteiger partial charge on any atom is -0.370 e. The summed E-state index contributed by atoms with van der Waals surface area (Å²) < 4.78 is 11.5. The quantitative estimate of drug-likeness (QED) is 0.0552. The highest BCUT2D eigenvalue weighted by molar-refractivity contribution is 4.92. The molecule has 2 nitrogen and oxygen atoms in total. The first-order valence-corrected chi connectivity index (χ1v) is 23.9. The Hall–Kier alpha value is -0.0800. The molecule has 5 aliphatic rings. The van der Waals surface area contributed by atoms with Crippen molar-refractivity contribution in [2.45, 2.75) is 269 Å². The van der Waals surface area contributed by atoms with E-state index in [4.69, 9.17) is 9.47 Å². The van der Waals surface area contributed by atoms with E-state index in [-0.39, 0.29) is 0 Å². The van der Waals surface area contributed by atoms with Crippen molar-refractivity contribution in [2.24, 2.45) is 35.5 Å². The molecule has 0 aromatic heterocycles. The smallest absolute Gasteiger partial charge is 0.0844 e. The Morgan fingerprint density at radius 1 is 0.340 bits per heavy atom. The maximum atomic E-state index is 5.74. The van der Waals surface area contributed by atoms with Gasteiger partial charge in [0.15, 0.2) is 0 Å². The Balaban J connectivity index is 0.836. The van der Waals surface area contributed by atoms with Crippen LogP contribution in [-0.2, 0) is 9.47 Å². The highest BCUT2D eigenvalue weighted by atomic mass is 16.6. The van der Waals surface area contributed by atoms with Crippen molar-refractivity contribution >= 4 is 0 Å². The number of fused-ring (bicyclic) bond motifs is 2. The van der Waals surface area contributed by atoms with Gasteiger partial charge in [0.25, 0.3) is 0 Å². The summed E-state index contributed by atoms with van der Waals surface area (Å²) >= 11 is 0. The second-order valence-electron chi connectivity index (χ2n) is 19.4. The Morgan fingerprint density at radius 2 is 0.680 bits per heavy atom. The molecule has 3 saturated carbocycles. The van der Waals surface area contributed by atoms with E-state index in [1.54, 1.807) is 0 Å². The lowest BCUT2D eigenvalue weighted by atomic mass is 9.74. The number of hydrogen-bond donors (Lipinski definition) is 0. The van der Waals surface area contributed by atoms with Crippen LogP contribution < -0.4 is 0 Å². The first-order chi connectivity index (χ1) is 24.6. The molecule has 2 heteroatoms. The maximum Gasteiger partial charge on any atom is 0.0844 e. The van der Waals surface area contributed by atoms with Crippen LogP contribution in [0.15, 0.2) is 0 Å². The summed E-state index contributed by atoms with van der Waals surface area (Å²) in [4.78, 5) is 0. The Labute approximate surface area is 313 Å². The fraction of sp³-hybridized carbons (Fsp3) is 1.00. The zero-order valence-corrected chi connectivity index (χ0v) is 34.0. The topological polar surface area (TPSA) is 25.1 Å². The molecule has 0 bridgehead atoms. The molecule has 50 heavy (non-hydrogen) atoms. The molecule has 0 spiro atoms. The molecule has 0 radical (unpaired) electrons. The first-order valence-electron chi connectivity index (χ1n) is 23.9. The fourth-order valence-electron chi connectivity index (χ4n) is 11.1. The molecule has 0 aromatic rings. The summed E-state index contributed by atoms with van der Waals surface area (Å²) in [6.45, 7) is 4.97. The predicted molar refractivity (Wildman–Crippen MR) is 216 cm³/mol. The van der Waals surface area contributed by atoms with Gasteiger partial charge >= 0.3 is 0 Å². The van der Waals surface area contributed by atoms with Crippen molar-refractivity contribution in [3.8, 4) is 0 Å². The van der Waals surface area contributed by atoms with E-state index >= 15 is 0 Å². The second kappa shape index (κ2) is 24.4. The van der Waals surface area contributed by atoms with E-state index in [2.05, 4.69) is 13.8 Å². The summed E-state index contributed by atoms with van der Waals surface area (Å²) in [6.07, 6.45) is 55.9. The lowest BCUT2D eigenvalue weighted by molar-refractivity contribution is 0.197. The lowest BCUT2D eigenvalue weighted by Crippen LogP contribution is -2.20. The van der Waals surface area contributed by atoms with Gasteiger partial charge in [0.05, 0.1) is 24.4 Å². The van der Waals surface area contributed by atoms with Crippen LogP contribution in [0.2, 0.25) is 0 Å². The molecule has 292 valence electrons. The molecule has 0 amide bonds. The molecule has 2 aliphatic heterocycles. The summed E-state index contributed by atoms with van der Waals surface area (Å²) in [7, 11) is 0. The molecule has 2 saturated heterocycles. The minimum atomic E-state index is 0.670. The van der Waals surface area contributed by atoms with Gasteiger partial charge in [0.1, 0.15) is 0 Å². The van der Waals surface area contributed by atoms with Crippen molar-refractivity contribution in [1.29, 1.82) is 0 Å². The van der Waals surface area contributed by atoms with Crippen LogP contribution in [0, 0.1) is 35.5 Å². The SMILES string of the molecule is CC1CCC(CCCCCCCCCC(CCCCCCCCCC2CCC3OC3C2)CCCCCCCCCC2CCC3OC3C2)CC1C. The predicted octanol–water partition coefficient (Wildman–Crippen LogP) is 15.3. The van der Waals surface area contributed by atoms with E-state index < -0.39 is 0 Å². The van der Waals surface area contributed by atoms with Crippen molar-refractivity contribution < 1.29 is 9.47 Å². The average molecular weight is 697 g/mol. The Bertz CT molecular complexity index is 794. The van der Waals surface area contributed by atoms with Gasteiger partial charge in [-0.25, -0.2) is 0 Å². The summed E-state index contributed by atoms with van der Waals surface area (Å²) in [6, 6.07) is 0. The van der Waals surface area contributed by atoms with Crippen molar-refractivity contribution in [3.63, 3.8) is 0 Å². The minimum absolute atomic E-state index is 0.670. The van der Waals surface area contributed by atoms with E-state index in [0.29, 0.717) is 24.4 Å². The van der Waals surface area contributed by atoms with Gasteiger partial charge in [-0.05, 0) is 80.5 Å². The molecule has 0 aromatic carbocycles. The highest BCUT2D eigenvalue weighted by Gasteiger charge is 2.44. The normalized spacial score (nSPS) is 32.4. The van der Waals surface area contributed by atoms with Gasteiger partial charge < -0.3 is 9.47 Å². The third kappa shape index (κ3) is 16.9. The van der Waals surface area contributed by atoms with E-state index in [1.807, 2.05) is 0 Å². The number of ether oxygens (including phenoxy) is 2. The summed E-state index contributed by atoms with van der Waals surface area (Å²) in [5.41, 5.74) is 0. The summed E-state index contributed by atoms with van der Waals surface area (Å²) in [5, 5.41) is 0. The van der Waals surface area contributed by atoms with Crippen LogP contribution in [-0.4, -0.2) is 24.4 Å². The molecule has 2 heterocycles. The van der Waals surface area contributed by atoms with E-state index in [0.717, 1.165) is 35.5 Å². The van der Waals surface area contributed by atoms with Crippen LogP contribution in [0.1, 0.15) is 245 Å². The molecule has 3 aliphatic carbocycles. The highest BCUT2D eigenvalue weighted by Crippen LogP contribution is 2.42. The van der Waals surface area contributed by atoms with Crippen molar-refractivity contribution in [2.75, 3.05) is 0 Å². The monoisotopic (exact) mass is 697 g/mol. The van der Waals surface area contributed by atoms with Crippen molar-refractivity contribution in [3.05, 3.63) is 0 Å². The number of hydrogen-bond acceptors (Lipinski definition) is 2. The van der Waals surface area contributed by atoms with Crippen LogP contribution in [0.4, 0.5) is 0 Å². The Morgan fingerprint density at radius 3 is 1.06 bits per heavy atom. The van der Waals surface area contributed by atoms with Crippen molar-refractivity contribution in [1.82, 2.24) is 0 Å². The van der Waals surface area contributed by atoms with Crippen LogP contribution >= 0.6 is 0 Å². The van der Waals surface area contributed by atoms with Crippen LogP contribution in [0.5, 0.6) is 0 Å². The van der Waals surface area contributed by atoms with Crippen LogP contribution in [0.25, 0.3) is 0 Å². The zero-order chi connectivity index (χ0) is 34.6. The Kier molecular flexibility index (Phi) is 20.0. The second-order valence-corrected chi connectivity index (χ2v) is 19.4. The maximum absolute atomic E-state index is 5.74. The standard InChI is InChI=1S/C48H88O2/c1-39-30-31-42(36-40(39)2)27-21-15-9-3-6-12-18-24-41(25-19-13-7-4-10-16-22-28-43-32-34-45-47(37-43)49-45)26-20-14-8-5-11-17-23-29-44-33-35-46-48(38-44)50-46/h39-48H,3-38H2,1-2H3. The molecule has 9 atom stereocenters. The van der Waals surface area contributed by atoms with E-state index in [1.165, 1.54) is 231 Å². The lowest BCUT2D eigenvalue weighted by Gasteiger charge is -2.32. The molecular weight excluding hydrogens is 609 g/mol.